The first-order valence-electron chi connectivity index (χ1n) is 10.1. The number of benzene rings is 1. The third-order valence-corrected chi connectivity index (χ3v) is 5.80. The molecule has 2 aromatic rings. The first kappa shape index (κ1) is 20.4. The lowest BCUT2D eigenvalue weighted by molar-refractivity contribution is -0.137. The third kappa shape index (κ3) is 3.80. The smallest absolute Gasteiger partial charge is 0.349 e. The molecule has 9 heteroatoms. The van der Waals surface area contributed by atoms with Crippen molar-refractivity contribution >= 4 is 17.5 Å². The van der Waals surface area contributed by atoms with Crippen molar-refractivity contribution in [2.24, 2.45) is 0 Å². The van der Waals surface area contributed by atoms with Gasteiger partial charge in [0.25, 0.3) is 11.8 Å². The van der Waals surface area contributed by atoms with Crippen molar-refractivity contribution in [3.05, 3.63) is 47.3 Å². The molecule has 2 heterocycles. The Hall–Kier alpha value is -2.84. The van der Waals surface area contributed by atoms with Crippen LogP contribution < -0.4 is 10.2 Å². The largest absolute Gasteiger partial charge is 0.416 e. The number of hydrogen-bond donors (Lipinski definition) is 1. The summed E-state index contributed by atoms with van der Waals surface area (Å²) in [5.74, 6) is -0.780. The maximum absolute atomic E-state index is 13.2. The highest BCUT2D eigenvalue weighted by molar-refractivity contribution is 6.12. The van der Waals surface area contributed by atoms with E-state index >= 15 is 0 Å². The maximum atomic E-state index is 13.2. The van der Waals surface area contributed by atoms with Gasteiger partial charge >= 0.3 is 6.18 Å². The van der Waals surface area contributed by atoms with E-state index in [0.29, 0.717) is 5.69 Å². The van der Waals surface area contributed by atoms with Crippen molar-refractivity contribution in [2.75, 3.05) is 11.4 Å². The number of halogens is 3. The van der Waals surface area contributed by atoms with E-state index < -0.39 is 17.6 Å². The minimum Gasteiger partial charge on any atom is -0.349 e. The van der Waals surface area contributed by atoms with Gasteiger partial charge in [0.1, 0.15) is 5.69 Å². The summed E-state index contributed by atoms with van der Waals surface area (Å²) in [4.78, 5) is 27.4. The molecule has 0 saturated heterocycles. The van der Waals surface area contributed by atoms with Gasteiger partial charge in [0.15, 0.2) is 0 Å². The van der Waals surface area contributed by atoms with Crippen molar-refractivity contribution in [1.29, 1.82) is 0 Å². The minimum atomic E-state index is -4.44. The Morgan fingerprint density at radius 2 is 1.80 bits per heavy atom. The summed E-state index contributed by atoms with van der Waals surface area (Å²) in [5.41, 5.74) is -0.0525. The zero-order valence-electron chi connectivity index (χ0n) is 16.6. The molecular formula is C21H23F3N4O2. The van der Waals surface area contributed by atoms with Gasteiger partial charge in [0.05, 0.1) is 23.4 Å². The molecular weight excluding hydrogens is 397 g/mol. The molecule has 2 aliphatic rings. The van der Waals surface area contributed by atoms with E-state index in [1.165, 1.54) is 27.9 Å². The quantitative estimate of drug-likeness (QED) is 0.810. The Kier molecular flexibility index (Phi) is 5.29. The molecule has 1 atom stereocenters. The van der Waals surface area contributed by atoms with Crippen LogP contribution in [0.25, 0.3) is 0 Å². The SMILES string of the molecule is C[C@H]1CN(c2ccc(C(F)(F)F)cc2)C(=O)c2c(C(=O)NC3CCCCC3)cnn21. The van der Waals surface area contributed by atoms with Gasteiger partial charge in [-0.05, 0) is 44.0 Å². The Morgan fingerprint density at radius 1 is 1.13 bits per heavy atom. The highest BCUT2D eigenvalue weighted by atomic mass is 19.4. The number of aromatic nitrogens is 2. The predicted octanol–water partition coefficient (Wildman–Crippen LogP) is 4.19. The number of rotatable bonds is 3. The second kappa shape index (κ2) is 7.77. The summed E-state index contributed by atoms with van der Waals surface area (Å²) in [6.45, 7) is 2.10. The Bertz CT molecular complexity index is 946. The van der Waals surface area contributed by atoms with Crippen LogP contribution in [0.2, 0.25) is 0 Å². The van der Waals surface area contributed by atoms with Gasteiger partial charge in [0.2, 0.25) is 0 Å². The van der Waals surface area contributed by atoms with Crippen LogP contribution in [0.15, 0.2) is 30.5 Å². The summed E-state index contributed by atoms with van der Waals surface area (Å²) in [6, 6.07) is 4.33. The second-order valence-corrected chi connectivity index (χ2v) is 7.97. The Balaban J connectivity index is 1.60. The molecule has 1 aliphatic carbocycles. The van der Waals surface area contributed by atoms with E-state index in [-0.39, 0.29) is 35.8 Å². The normalized spacial score (nSPS) is 20.2. The summed E-state index contributed by atoms with van der Waals surface area (Å²) < 4.78 is 40.1. The molecule has 1 aromatic carbocycles. The van der Waals surface area contributed by atoms with Crippen LogP contribution in [0, 0.1) is 0 Å². The third-order valence-electron chi connectivity index (χ3n) is 5.80. The summed E-state index contributed by atoms with van der Waals surface area (Å²) >= 11 is 0. The monoisotopic (exact) mass is 420 g/mol. The van der Waals surface area contributed by atoms with Gasteiger partial charge in [-0.2, -0.15) is 18.3 Å². The highest BCUT2D eigenvalue weighted by Gasteiger charge is 2.36. The average molecular weight is 420 g/mol. The molecule has 1 aromatic heterocycles. The highest BCUT2D eigenvalue weighted by Crippen LogP contribution is 2.33. The van der Waals surface area contributed by atoms with Crippen LogP contribution in [-0.4, -0.2) is 34.2 Å². The predicted molar refractivity (Wildman–Crippen MR) is 104 cm³/mol. The van der Waals surface area contributed by atoms with Gasteiger partial charge in [0, 0.05) is 18.3 Å². The zero-order valence-corrected chi connectivity index (χ0v) is 16.6. The first-order chi connectivity index (χ1) is 14.3. The molecule has 1 saturated carbocycles. The van der Waals surface area contributed by atoms with Crippen LogP contribution in [0.5, 0.6) is 0 Å². The number of carbonyl (C=O) groups is 2. The van der Waals surface area contributed by atoms with Crippen molar-refractivity contribution in [3.63, 3.8) is 0 Å². The molecule has 0 bridgehead atoms. The molecule has 0 spiro atoms. The number of amides is 2. The van der Waals surface area contributed by atoms with Gasteiger partial charge in [-0.25, -0.2) is 0 Å². The number of hydrogen-bond acceptors (Lipinski definition) is 3. The molecule has 1 fully saturated rings. The number of alkyl halides is 3. The molecule has 0 radical (unpaired) electrons. The fourth-order valence-corrected chi connectivity index (χ4v) is 4.19. The molecule has 2 amide bonds. The number of fused-ring (bicyclic) bond motifs is 1. The number of anilines is 1. The van der Waals surface area contributed by atoms with Crippen LogP contribution in [0.3, 0.4) is 0 Å². The maximum Gasteiger partial charge on any atom is 0.416 e. The van der Waals surface area contributed by atoms with Gasteiger partial charge < -0.3 is 10.2 Å². The van der Waals surface area contributed by atoms with E-state index in [9.17, 15) is 22.8 Å². The summed E-state index contributed by atoms with van der Waals surface area (Å²) in [6.07, 6.45) is 2.07. The fraction of sp³-hybridized carbons (Fsp3) is 0.476. The molecule has 160 valence electrons. The topological polar surface area (TPSA) is 67.2 Å². The van der Waals surface area contributed by atoms with Crippen molar-refractivity contribution in [1.82, 2.24) is 15.1 Å². The number of nitrogens with zero attached hydrogens (tertiary/aromatic N) is 3. The lowest BCUT2D eigenvalue weighted by Gasteiger charge is -2.32. The minimum absolute atomic E-state index is 0.0870. The summed E-state index contributed by atoms with van der Waals surface area (Å²) in [7, 11) is 0. The van der Waals surface area contributed by atoms with Crippen molar-refractivity contribution in [2.45, 2.75) is 57.3 Å². The summed E-state index contributed by atoms with van der Waals surface area (Å²) in [5, 5.41) is 7.23. The van der Waals surface area contributed by atoms with Crippen LogP contribution in [0.4, 0.5) is 18.9 Å². The Morgan fingerprint density at radius 3 is 2.43 bits per heavy atom. The van der Waals surface area contributed by atoms with E-state index in [1.54, 1.807) is 0 Å². The fourth-order valence-electron chi connectivity index (χ4n) is 4.19. The lowest BCUT2D eigenvalue weighted by Crippen LogP contribution is -2.44. The van der Waals surface area contributed by atoms with Gasteiger partial charge in [-0.15, -0.1) is 0 Å². The van der Waals surface area contributed by atoms with E-state index in [2.05, 4.69) is 10.4 Å². The second-order valence-electron chi connectivity index (χ2n) is 7.97. The molecule has 30 heavy (non-hydrogen) atoms. The van der Waals surface area contributed by atoms with E-state index in [1.807, 2.05) is 6.92 Å². The molecule has 0 unspecified atom stereocenters. The average Bonchev–Trinajstić information content (AvgIpc) is 3.17. The van der Waals surface area contributed by atoms with Gasteiger partial charge in [-0.3, -0.25) is 14.3 Å². The van der Waals surface area contributed by atoms with Crippen molar-refractivity contribution < 1.29 is 22.8 Å². The first-order valence-corrected chi connectivity index (χ1v) is 10.1. The molecule has 6 nitrogen and oxygen atoms in total. The molecule has 4 rings (SSSR count). The van der Waals surface area contributed by atoms with Crippen LogP contribution >= 0.6 is 0 Å². The standard InChI is InChI=1S/C21H23F3N4O2/c1-13-12-27(16-9-7-14(8-10-16)21(22,23)24)20(30)18-17(11-25-28(13)18)19(29)26-15-5-3-2-4-6-15/h7-11,13,15H,2-6,12H2,1H3,(H,26,29)/t13-/m0/s1. The number of carbonyl (C=O) groups excluding carboxylic acids is 2. The zero-order chi connectivity index (χ0) is 21.5. The van der Waals surface area contributed by atoms with E-state index in [4.69, 9.17) is 0 Å². The van der Waals surface area contributed by atoms with Crippen LogP contribution in [0.1, 0.15) is 71.5 Å². The van der Waals surface area contributed by atoms with Crippen molar-refractivity contribution in [3.8, 4) is 0 Å². The molecule has 1 N–H and O–H groups in total. The molecule has 1 aliphatic heterocycles. The van der Waals surface area contributed by atoms with Crippen LogP contribution in [-0.2, 0) is 6.18 Å². The van der Waals surface area contributed by atoms with E-state index in [0.717, 1.165) is 44.2 Å². The number of nitrogens with one attached hydrogen (secondary N) is 1. The van der Waals surface area contributed by atoms with Gasteiger partial charge in [-0.1, -0.05) is 19.3 Å². The Labute approximate surface area is 172 Å². The lowest BCUT2D eigenvalue weighted by atomic mass is 9.95.